The van der Waals surface area contributed by atoms with E-state index in [0.717, 1.165) is 35.3 Å². The predicted octanol–water partition coefficient (Wildman–Crippen LogP) is 2.68. The summed E-state index contributed by atoms with van der Waals surface area (Å²) in [7, 11) is 0. The molecule has 0 unspecified atom stereocenters. The first-order chi connectivity index (χ1) is 14.0. The van der Waals surface area contributed by atoms with Gasteiger partial charge in [0.05, 0.1) is 22.4 Å². The van der Waals surface area contributed by atoms with E-state index < -0.39 is 0 Å². The highest BCUT2D eigenvalue weighted by Crippen LogP contribution is 2.17. The Balaban J connectivity index is 1.38. The first-order valence-electron chi connectivity index (χ1n) is 9.77. The Morgan fingerprint density at radius 2 is 1.72 bits per heavy atom. The maximum absolute atomic E-state index is 12.7. The lowest BCUT2D eigenvalue weighted by Gasteiger charge is -2.32. The fourth-order valence-corrected chi connectivity index (χ4v) is 3.52. The van der Waals surface area contributed by atoms with Crippen molar-refractivity contribution in [2.45, 2.75) is 32.7 Å². The van der Waals surface area contributed by atoms with Crippen LogP contribution in [-0.2, 0) is 0 Å². The van der Waals surface area contributed by atoms with Crippen molar-refractivity contribution in [2.75, 3.05) is 13.1 Å². The molecule has 0 aliphatic carbocycles. The summed E-state index contributed by atoms with van der Waals surface area (Å²) >= 11 is 0. The van der Waals surface area contributed by atoms with Gasteiger partial charge in [0, 0.05) is 30.9 Å². The number of hydrogen-bond acceptors (Lipinski definition) is 5. The van der Waals surface area contributed by atoms with Gasteiger partial charge in [0.2, 0.25) is 0 Å². The van der Waals surface area contributed by atoms with Crippen molar-refractivity contribution in [1.82, 2.24) is 25.2 Å². The number of nitrogens with one attached hydrogen (secondary N) is 1. The van der Waals surface area contributed by atoms with E-state index in [0.29, 0.717) is 24.3 Å². The lowest BCUT2D eigenvalue weighted by atomic mass is 10.0. The molecule has 1 saturated heterocycles. The maximum Gasteiger partial charge on any atom is 0.272 e. The van der Waals surface area contributed by atoms with Crippen molar-refractivity contribution < 1.29 is 9.59 Å². The molecule has 0 bridgehead atoms. The summed E-state index contributed by atoms with van der Waals surface area (Å²) in [6.45, 7) is 5.03. The number of pyridine rings is 1. The fraction of sp³-hybridized carbons (Fsp3) is 0.318. The summed E-state index contributed by atoms with van der Waals surface area (Å²) in [4.78, 5) is 40.1. The van der Waals surface area contributed by atoms with E-state index in [9.17, 15) is 9.59 Å². The van der Waals surface area contributed by atoms with Crippen molar-refractivity contribution in [2.24, 2.45) is 0 Å². The number of piperidine rings is 1. The molecule has 7 nitrogen and oxygen atoms in total. The van der Waals surface area contributed by atoms with Crippen molar-refractivity contribution in [3.63, 3.8) is 0 Å². The van der Waals surface area contributed by atoms with E-state index in [1.165, 1.54) is 0 Å². The molecule has 0 saturated carbocycles. The molecule has 1 N–H and O–H groups in total. The van der Waals surface area contributed by atoms with Gasteiger partial charge >= 0.3 is 0 Å². The van der Waals surface area contributed by atoms with Crippen molar-refractivity contribution in [1.29, 1.82) is 0 Å². The summed E-state index contributed by atoms with van der Waals surface area (Å²) < 4.78 is 0. The number of hydrogen-bond donors (Lipinski definition) is 1. The van der Waals surface area contributed by atoms with Crippen LogP contribution in [0.1, 0.15) is 45.1 Å². The minimum absolute atomic E-state index is 0.0387. The molecular formula is C22H23N5O2. The molecule has 1 fully saturated rings. The molecule has 3 aromatic rings. The third kappa shape index (κ3) is 4.08. The maximum atomic E-state index is 12.7. The second-order valence-corrected chi connectivity index (χ2v) is 7.35. The number of aryl methyl sites for hydroxylation is 2. The summed E-state index contributed by atoms with van der Waals surface area (Å²) in [5, 5.41) is 3.08. The number of nitrogens with zero attached hydrogens (tertiary/aromatic N) is 4. The zero-order valence-corrected chi connectivity index (χ0v) is 16.6. The second kappa shape index (κ2) is 7.95. The van der Waals surface area contributed by atoms with Crippen LogP contribution in [0.2, 0.25) is 0 Å². The van der Waals surface area contributed by atoms with Crippen LogP contribution in [0.4, 0.5) is 0 Å². The summed E-state index contributed by atoms with van der Waals surface area (Å²) in [5.74, 6) is -0.185. The topological polar surface area (TPSA) is 88.1 Å². The van der Waals surface area contributed by atoms with Gasteiger partial charge in [0.1, 0.15) is 5.69 Å². The average molecular weight is 389 g/mol. The number of carbonyl (C=O) groups is 2. The molecule has 148 valence electrons. The molecule has 7 heteroatoms. The van der Waals surface area contributed by atoms with Gasteiger partial charge < -0.3 is 10.2 Å². The van der Waals surface area contributed by atoms with Gasteiger partial charge in [-0.2, -0.15) is 0 Å². The van der Waals surface area contributed by atoms with Gasteiger partial charge in [0.25, 0.3) is 11.8 Å². The quantitative estimate of drug-likeness (QED) is 0.744. The van der Waals surface area contributed by atoms with E-state index in [1.54, 1.807) is 35.4 Å². The van der Waals surface area contributed by atoms with Crippen LogP contribution >= 0.6 is 0 Å². The highest BCUT2D eigenvalue weighted by Gasteiger charge is 2.25. The number of aromatic nitrogens is 3. The molecule has 0 spiro atoms. The molecule has 1 aromatic carbocycles. The highest BCUT2D eigenvalue weighted by molar-refractivity contribution is 5.97. The van der Waals surface area contributed by atoms with Crippen LogP contribution in [0.3, 0.4) is 0 Å². The molecule has 2 amide bonds. The molecule has 2 aromatic heterocycles. The van der Waals surface area contributed by atoms with Crippen molar-refractivity contribution in [3.8, 4) is 0 Å². The summed E-state index contributed by atoms with van der Waals surface area (Å²) in [5.41, 5.74) is 4.28. The fourth-order valence-electron chi connectivity index (χ4n) is 3.52. The number of benzene rings is 1. The Kier molecular flexibility index (Phi) is 5.20. The molecule has 3 heterocycles. The molecule has 1 aliphatic heterocycles. The smallest absolute Gasteiger partial charge is 0.272 e. The van der Waals surface area contributed by atoms with Crippen LogP contribution in [-0.4, -0.2) is 50.8 Å². The van der Waals surface area contributed by atoms with E-state index in [-0.39, 0.29) is 17.9 Å². The van der Waals surface area contributed by atoms with E-state index in [2.05, 4.69) is 20.3 Å². The van der Waals surface area contributed by atoms with Gasteiger partial charge in [-0.25, -0.2) is 9.97 Å². The lowest BCUT2D eigenvalue weighted by Crippen LogP contribution is -2.46. The Morgan fingerprint density at radius 3 is 2.41 bits per heavy atom. The van der Waals surface area contributed by atoms with Gasteiger partial charge in [-0.1, -0.05) is 6.07 Å². The number of rotatable bonds is 3. The first kappa shape index (κ1) is 19.0. The number of amides is 2. The second-order valence-electron chi connectivity index (χ2n) is 7.35. The molecule has 1 aliphatic rings. The lowest BCUT2D eigenvalue weighted by molar-refractivity contribution is 0.0692. The van der Waals surface area contributed by atoms with E-state index in [4.69, 9.17) is 0 Å². The SMILES string of the molecule is Cc1nc2ccc(C(=O)NC3CCN(C(=O)c4ccccn4)CC3)cc2nc1C. The minimum atomic E-state index is -0.124. The van der Waals surface area contributed by atoms with Crippen molar-refractivity contribution >= 4 is 22.8 Å². The average Bonchev–Trinajstić information content (AvgIpc) is 2.75. The third-order valence-electron chi connectivity index (χ3n) is 5.34. The molecule has 4 rings (SSSR count). The van der Waals surface area contributed by atoms with Gasteiger partial charge in [-0.3, -0.25) is 14.6 Å². The standard InChI is InChI=1S/C22H23N5O2/c1-14-15(2)25-20-13-16(6-7-18(20)24-14)21(28)26-17-8-11-27(12-9-17)22(29)19-5-3-4-10-23-19/h3-7,10,13,17H,8-9,11-12H2,1-2H3,(H,26,28). The highest BCUT2D eigenvalue weighted by atomic mass is 16.2. The van der Waals surface area contributed by atoms with Gasteiger partial charge in [-0.15, -0.1) is 0 Å². The molecule has 0 radical (unpaired) electrons. The van der Waals surface area contributed by atoms with E-state index >= 15 is 0 Å². The van der Waals surface area contributed by atoms with Crippen LogP contribution in [0.25, 0.3) is 11.0 Å². The van der Waals surface area contributed by atoms with Crippen LogP contribution < -0.4 is 5.32 Å². The Bertz CT molecular complexity index is 1060. The number of likely N-dealkylation sites (tertiary alicyclic amines) is 1. The predicted molar refractivity (Wildman–Crippen MR) is 110 cm³/mol. The zero-order chi connectivity index (χ0) is 20.4. The molecule has 29 heavy (non-hydrogen) atoms. The summed E-state index contributed by atoms with van der Waals surface area (Å²) in [6, 6.07) is 10.8. The zero-order valence-electron chi connectivity index (χ0n) is 16.6. The Morgan fingerprint density at radius 1 is 1.00 bits per heavy atom. The van der Waals surface area contributed by atoms with Crippen LogP contribution in [0.5, 0.6) is 0 Å². The monoisotopic (exact) mass is 389 g/mol. The van der Waals surface area contributed by atoms with Gasteiger partial charge in [-0.05, 0) is 57.0 Å². The first-order valence-corrected chi connectivity index (χ1v) is 9.77. The third-order valence-corrected chi connectivity index (χ3v) is 5.34. The molecule has 0 atom stereocenters. The Labute approximate surface area is 169 Å². The normalized spacial score (nSPS) is 14.8. The van der Waals surface area contributed by atoms with Crippen LogP contribution in [0, 0.1) is 13.8 Å². The molecular weight excluding hydrogens is 366 g/mol. The minimum Gasteiger partial charge on any atom is -0.349 e. The summed E-state index contributed by atoms with van der Waals surface area (Å²) in [6.07, 6.45) is 3.06. The van der Waals surface area contributed by atoms with Crippen LogP contribution in [0.15, 0.2) is 42.6 Å². The van der Waals surface area contributed by atoms with Gasteiger partial charge in [0.15, 0.2) is 0 Å². The number of fused-ring (bicyclic) bond motifs is 1. The number of carbonyl (C=O) groups excluding carboxylic acids is 2. The largest absolute Gasteiger partial charge is 0.349 e. The van der Waals surface area contributed by atoms with E-state index in [1.807, 2.05) is 26.0 Å². The Hall–Kier alpha value is -3.35. The van der Waals surface area contributed by atoms with Crippen molar-refractivity contribution in [3.05, 3.63) is 65.2 Å².